The van der Waals surface area contributed by atoms with Gasteiger partial charge in [-0.15, -0.1) is 6.58 Å². The fourth-order valence-corrected chi connectivity index (χ4v) is 1.60. The van der Waals surface area contributed by atoms with Gasteiger partial charge < -0.3 is 10.1 Å². The molecule has 0 unspecified atom stereocenters. The van der Waals surface area contributed by atoms with E-state index >= 15 is 0 Å². The molecule has 1 aromatic rings. The monoisotopic (exact) mass is 269 g/mol. The van der Waals surface area contributed by atoms with Crippen molar-refractivity contribution in [3.05, 3.63) is 42.0 Å². The van der Waals surface area contributed by atoms with Gasteiger partial charge in [-0.05, 0) is 36.6 Å². The molecular formula is C15H21F2NO. The minimum Gasteiger partial charge on any atom is -0.487 e. The highest BCUT2D eigenvalue weighted by atomic mass is 19.1. The number of ether oxygens (including phenoxy) is 1. The number of benzene rings is 1. The van der Waals surface area contributed by atoms with E-state index in [1.807, 2.05) is 0 Å². The van der Waals surface area contributed by atoms with Gasteiger partial charge in [0, 0.05) is 6.54 Å². The number of hydrogen-bond donors (Lipinski definition) is 1. The number of halogens is 2. The lowest BCUT2D eigenvalue weighted by Crippen LogP contribution is -2.19. The molecule has 4 heteroatoms. The molecule has 0 aliphatic rings. The molecule has 0 aromatic heterocycles. The third kappa shape index (κ3) is 5.39. The second kappa shape index (κ2) is 7.89. The van der Waals surface area contributed by atoms with Gasteiger partial charge in [0.05, 0.1) is 6.61 Å². The largest absolute Gasteiger partial charge is 0.487 e. The summed E-state index contributed by atoms with van der Waals surface area (Å²) in [5.74, 6) is -1.14. The molecule has 1 rings (SSSR count). The first-order valence-electron chi connectivity index (χ1n) is 6.47. The molecule has 1 aromatic carbocycles. The van der Waals surface area contributed by atoms with E-state index in [1.165, 1.54) is 12.1 Å². The molecule has 0 aliphatic carbocycles. The third-order valence-corrected chi connectivity index (χ3v) is 2.51. The van der Waals surface area contributed by atoms with E-state index in [0.29, 0.717) is 24.4 Å². The summed E-state index contributed by atoms with van der Waals surface area (Å²) in [5.41, 5.74) is 0.576. The Labute approximate surface area is 113 Å². The topological polar surface area (TPSA) is 21.3 Å². The maximum absolute atomic E-state index is 13.7. The van der Waals surface area contributed by atoms with E-state index in [2.05, 4.69) is 25.7 Å². The van der Waals surface area contributed by atoms with Gasteiger partial charge in [-0.1, -0.05) is 19.9 Å². The van der Waals surface area contributed by atoms with Crippen molar-refractivity contribution >= 4 is 0 Å². The maximum atomic E-state index is 13.7. The molecule has 0 spiro atoms. The lowest BCUT2D eigenvalue weighted by Gasteiger charge is -2.11. The summed E-state index contributed by atoms with van der Waals surface area (Å²) in [6, 6.07) is 2.61. The van der Waals surface area contributed by atoms with E-state index in [4.69, 9.17) is 4.74 Å². The highest BCUT2D eigenvalue weighted by molar-refractivity contribution is 5.31. The molecule has 0 radical (unpaired) electrons. The third-order valence-electron chi connectivity index (χ3n) is 2.51. The highest BCUT2D eigenvalue weighted by Crippen LogP contribution is 2.23. The first-order valence-corrected chi connectivity index (χ1v) is 6.47. The quantitative estimate of drug-likeness (QED) is 0.574. The van der Waals surface area contributed by atoms with Crippen molar-refractivity contribution in [3.8, 4) is 5.75 Å². The standard InChI is InChI=1S/C15H21F2NO/c1-4-5-6-19-15-13(16)7-12(8-14(15)17)10-18-9-11(2)3/h4,7-8,11,18H,1,5-6,9-10H2,2-3H3. The van der Waals surface area contributed by atoms with Crippen molar-refractivity contribution in [3.63, 3.8) is 0 Å². The zero-order valence-corrected chi connectivity index (χ0v) is 11.5. The second-order valence-electron chi connectivity index (χ2n) is 4.84. The summed E-state index contributed by atoms with van der Waals surface area (Å²) >= 11 is 0. The molecule has 0 heterocycles. The Hall–Kier alpha value is -1.42. The molecule has 0 saturated carbocycles. The van der Waals surface area contributed by atoms with Crippen molar-refractivity contribution in [2.45, 2.75) is 26.8 Å². The molecular weight excluding hydrogens is 248 g/mol. The fraction of sp³-hybridized carbons (Fsp3) is 0.467. The molecule has 0 amide bonds. The Kier molecular flexibility index (Phi) is 6.50. The van der Waals surface area contributed by atoms with Gasteiger partial charge in [0.1, 0.15) is 0 Å². The SMILES string of the molecule is C=CCCOc1c(F)cc(CNCC(C)C)cc1F. The molecule has 1 N–H and O–H groups in total. The summed E-state index contributed by atoms with van der Waals surface area (Å²) < 4.78 is 32.5. The van der Waals surface area contributed by atoms with Gasteiger partial charge in [-0.3, -0.25) is 0 Å². The van der Waals surface area contributed by atoms with Crippen LogP contribution in [0.5, 0.6) is 5.75 Å². The summed E-state index contributed by atoms with van der Waals surface area (Å²) in [7, 11) is 0. The highest BCUT2D eigenvalue weighted by Gasteiger charge is 2.12. The van der Waals surface area contributed by atoms with Gasteiger partial charge in [-0.2, -0.15) is 0 Å². The van der Waals surface area contributed by atoms with Crippen molar-refractivity contribution < 1.29 is 13.5 Å². The van der Waals surface area contributed by atoms with Gasteiger partial charge in [0.25, 0.3) is 0 Å². The van der Waals surface area contributed by atoms with Crippen LogP contribution in [0.2, 0.25) is 0 Å². The fourth-order valence-electron chi connectivity index (χ4n) is 1.60. The van der Waals surface area contributed by atoms with Crippen LogP contribution in [-0.2, 0) is 6.54 Å². The van der Waals surface area contributed by atoms with E-state index in [9.17, 15) is 8.78 Å². The first kappa shape index (κ1) is 15.6. The van der Waals surface area contributed by atoms with Crippen LogP contribution in [-0.4, -0.2) is 13.2 Å². The van der Waals surface area contributed by atoms with Crippen LogP contribution in [0, 0.1) is 17.6 Å². The van der Waals surface area contributed by atoms with Crippen molar-refractivity contribution in [1.82, 2.24) is 5.32 Å². The Balaban J connectivity index is 2.64. The van der Waals surface area contributed by atoms with Crippen LogP contribution in [0.15, 0.2) is 24.8 Å². The summed E-state index contributed by atoms with van der Waals surface area (Å²) in [6.45, 7) is 9.15. The Morgan fingerprint density at radius 1 is 1.32 bits per heavy atom. The predicted molar refractivity (Wildman–Crippen MR) is 73.2 cm³/mol. The van der Waals surface area contributed by atoms with E-state index in [0.717, 1.165) is 6.54 Å². The lowest BCUT2D eigenvalue weighted by atomic mass is 10.1. The second-order valence-corrected chi connectivity index (χ2v) is 4.84. The van der Waals surface area contributed by atoms with Crippen LogP contribution in [0.25, 0.3) is 0 Å². The van der Waals surface area contributed by atoms with Crippen LogP contribution < -0.4 is 10.1 Å². The van der Waals surface area contributed by atoms with E-state index in [-0.39, 0.29) is 12.4 Å². The minimum atomic E-state index is -0.662. The van der Waals surface area contributed by atoms with Gasteiger partial charge >= 0.3 is 0 Å². The molecule has 0 saturated heterocycles. The van der Waals surface area contributed by atoms with Crippen molar-refractivity contribution in [2.75, 3.05) is 13.2 Å². The zero-order chi connectivity index (χ0) is 14.3. The average Bonchev–Trinajstić information content (AvgIpc) is 2.32. The number of nitrogens with one attached hydrogen (secondary N) is 1. The van der Waals surface area contributed by atoms with Gasteiger partial charge in [-0.25, -0.2) is 8.78 Å². The van der Waals surface area contributed by atoms with Crippen LogP contribution in [0.3, 0.4) is 0 Å². The normalized spacial score (nSPS) is 10.8. The number of rotatable bonds is 8. The zero-order valence-electron chi connectivity index (χ0n) is 11.5. The van der Waals surface area contributed by atoms with Gasteiger partial charge in [0.2, 0.25) is 0 Å². The molecule has 2 nitrogen and oxygen atoms in total. The summed E-state index contributed by atoms with van der Waals surface area (Å²) in [6.07, 6.45) is 2.19. The Morgan fingerprint density at radius 2 is 1.95 bits per heavy atom. The average molecular weight is 269 g/mol. The Bertz CT molecular complexity index is 396. The molecule has 19 heavy (non-hydrogen) atoms. The first-order chi connectivity index (χ1) is 9.04. The summed E-state index contributed by atoms with van der Waals surface area (Å²) in [5, 5.41) is 3.14. The molecule has 106 valence electrons. The van der Waals surface area contributed by atoms with Crippen LogP contribution in [0.1, 0.15) is 25.8 Å². The van der Waals surface area contributed by atoms with Crippen molar-refractivity contribution in [1.29, 1.82) is 0 Å². The van der Waals surface area contributed by atoms with Crippen molar-refractivity contribution in [2.24, 2.45) is 5.92 Å². The predicted octanol–water partition coefficient (Wildman–Crippen LogP) is 3.67. The molecule has 0 bridgehead atoms. The minimum absolute atomic E-state index is 0.224. The van der Waals surface area contributed by atoms with E-state index < -0.39 is 11.6 Å². The van der Waals surface area contributed by atoms with E-state index in [1.54, 1.807) is 6.08 Å². The van der Waals surface area contributed by atoms with Crippen LogP contribution in [0.4, 0.5) is 8.78 Å². The molecule has 0 aliphatic heterocycles. The Morgan fingerprint density at radius 3 is 2.47 bits per heavy atom. The van der Waals surface area contributed by atoms with Crippen LogP contribution >= 0.6 is 0 Å². The van der Waals surface area contributed by atoms with Gasteiger partial charge in [0.15, 0.2) is 17.4 Å². The number of hydrogen-bond acceptors (Lipinski definition) is 2. The lowest BCUT2D eigenvalue weighted by molar-refractivity contribution is 0.290. The summed E-state index contributed by atoms with van der Waals surface area (Å²) in [4.78, 5) is 0. The smallest absolute Gasteiger partial charge is 0.190 e. The maximum Gasteiger partial charge on any atom is 0.190 e. The molecule has 0 fully saturated rings. The molecule has 0 atom stereocenters.